The highest BCUT2D eigenvalue weighted by atomic mass is 16.5. The predicted octanol–water partition coefficient (Wildman–Crippen LogP) is -0.568. The molecule has 7 nitrogen and oxygen atoms in total. The fourth-order valence-electron chi connectivity index (χ4n) is 2.92. The highest BCUT2D eigenvalue weighted by Gasteiger charge is 2.54. The molecule has 3 N–H and O–H groups in total. The van der Waals surface area contributed by atoms with Gasteiger partial charge in [-0.15, -0.1) is 0 Å². The standard InChI is InChI=1S/C12H16N4O3/c1-6(17)15-10-9(8-2-3-19-11(8)10)16-12(18)7-4-13-14-5-7/h4-5,8-11H,2-3H2,1H3,(H,13,14)(H,15,17)(H,16,18)/t8-,9+,10-,11-/m1/s1. The van der Waals surface area contributed by atoms with Crippen molar-refractivity contribution in [2.45, 2.75) is 31.5 Å². The van der Waals surface area contributed by atoms with Gasteiger partial charge in [0, 0.05) is 25.6 Å². The van der Waals surface area contributed by atoms with Gasteiger partial charge < -0.3 is 15.4 Å². The van der Waals surface area contributed by atoms with Crippen LogP contribution >= 0.6 is 0 Å². The zero-order chi connectivity index (χ0) is 13.4. The van der Waals surface area contributed by atoms with Crippen molar-refractivity contribution in [3.8, 4) is 0 Å². The summed E-state index contributed by atoms with van der Waals surface area (Å²) in [4.78, 5) is 23.2. The normalized spacial score (nSPS) is 32.3. The average Bonchev–Trinajstić information content (AvgIpc) is 3.02. The number of carbonyl (C=O) groups excluding carboxylic acids is 2. The Morgan fingerprint density at radius 2 is 2.26 bits per heavy atom. The number of hydrogen-bond acceptors (Lipinski definition) is 4. The van der Waals surface area contributed by atoms with E-state index in [-0.39, 0.29) is 35.9 Å². The van der Waals surface area contributed by atoms with E-state index in [1.165, 1.54) is 13.1 Å². The fraction of sp³-hybridized carbons (Fsp3) is 0.583. The molecule has 1 aromatic heterocycles. The van der Waals surface area contributed by atoms with Gasteiger partial charge >= 0.3 is 0 Å². The molecule has 0 aromatic carbocycles. The Bertz CT molecular complexity index is 487. The first-order valence-corrected chi connectivity index (χ1v) is 6.35. The van der Waals surface area contributed by atoms with Crippen molar-refractivity contribution < 1.29 is 14.3 Å². The summed E-state index contributed by atoms with van der Waals surface area (Å²) in [5, 5.41) is 12.2. The number of fused-ring (bicyclic) bond motifs is 1. The number of aromatic nitrogens is 2. The van der Waals surface area contributed by atoms with Gasteiger partial charge in [-0.25, -0.2) is 0 Å². The molecule has 2 aliphatic rings. The van der Waals surface area contributed by atoms with E-state index < -0.39 is 0 Å². The van der Waals surface area contributed by atoms with Crippen LogP contribution in [0.25, 0.3) is 0 Å². The van der Waals surface area contributed by atoms with Crippen molar-refractivity contribution in [2.24, 2.45) is 5.92 Å². The predicted molar refractivity (Wildman–Crippen MR) is 65.3 cm³/mol. The molecule has 2 heterocycles. The zero-order valence-electron chi connectivity index (χ0n) is 10.6. The molecule has 2 fully saturated rings. The monoisotopic (exact) mass is 264 g/mol. The van der Waals surface area contributed by atoms with Crippen molar-refractivity contribution in [3.63, 3.8) is 0 Å². The smallest absolute Gasteiger partial charge is 0.254 e. The van der Waals surface area contributed by atoms with Crippen LogP contribution in [0.5, 0.6) is 0 Å². The minimum atomic E-state index is -0.181. The second-order valence-electron chi connectivity index (χ2n) is 5.00. The molecule has 2 amide bonds. The second kappa shape index (κ2) is 4.65. The molecule has 7 heteroatoms. The Hall–Kier alpha value is -1.89. The van der Waals surface area contributed by atoms with Crippen molar-refractivity contribution in [1.29, 1.82) is 0 Å². The Balaban J connectivity index is 1.68. The number of nitrogens with one attached hydrogen (secondary N) is 3. The molecule has 102 valence electrons. The van der Waals surface area contributed by atoms with E-state index in [1.807, 2.05) is 0 Å². The van der Waals surface area contributed by atoms with E-state index in [4.69, 9.17) is 4.74 Å². The van der Waals surface area contributed by atoms with Gasteiger partial charge in [0.05, 0.1) is 29.9 Å². The molecule has 0 unspecified atom stereocenters. The highest BCUT2D eigenvalue weighted by Crippen LogP contribution is 2.39. The Morgan fingerprint density at radius 1 is 1.42 bits per heavy atom. The zero-order valence-corrected chi connectivity index (χ0v) is 10.6. The Labute approximate surface area is 110 Å². The summed E-state index contributed by atoms with van der Waals surface area (Å²) in [6, 6.07) is -0.209. The topological polar surface area (TPSA) is 96.1 Å². The molecule has 1 saturated carbocycles. The van der Waals surface area contributed by atoms with Crippen LogP contribution in [0.1, 0.15) is 23.7 Å². The van der Waals surface area contributed by atoms with Gasteiger partial charge in [-0.1, -0.05) is 0 Å². The summed E-state index contributed by atoms with van der Waals surface area (Å²) in [6.07, 6.45) is 3.96. The van der Waals surface area contributed by atoms with Crippen molar-refractivity contribution in [3.05, 3.63) is 18.0 Å². The van der Waals surface area contributed by atoms with Gasteiger partial charge in [-0.3, -0.25) is 14.7 Å². The molecule has 1 aromatic rings. The molecule has 0 bridgehead atoms. The summed E-state index contributed by atoms with van der Waals surface area (Å²) in [5.74, 6) is -0.00587. The molecule has 4 atom stereocenters. The van der Waals surface area contributed by atoms with E-state index in [1.54, 1.807) is 6.20 Å². The number of ether oxygens (including phenoxy) is 1. The van der Waals surface area contributed by atoms with Crippen molar-refractivity contribution >= 4 is 11.8 Å². The van der Waals surface area contributed by atoms with Crippen LogP contribution in [-0.2, 0) is 9.53 Å². The lowest BCUT2D eigenvalue weighted by Gasteiger charge is -2.47. The molecular weight excluding hydrogens is 248 g/mol. The second-order valence-corrected chi connectivity index (χ2v) is 5.00. The van der Waals surface area contributed by atoms with E-state index in [0.717, 1.165) is 6.42 Å². The number of rotatable bonds is 3. The number of H-pyrrole nitrogens is 1. The van der Waals surface area contributed by atoms with Gasteiger partial charge in [-0.05, 0) is 6.42 Å². The summed E-state index contributed by atoms with van der Waals surface area (Å²) < 4.78 is 5.58. The van der Waals surface area contributed by atoms with Gasteiger partial charge in [0.25, 0.3) is 5.91 Å². The van der Waals surface area contributed by atoms with Crippen LogP contribution < -0.4 is 10.6 Å². The minimum Gasteiger partial charge on any atom is -0.376 e. The molecule has 1 saturated heterocycles. The number of carbonyl (C=O) groups is 2. The van der Waals surface area contributed by atoms with E-state index in [2.05, 4.69) is 20.8 Å². The summed E-state index contributed by atoms with van der Waals surface area (Å²) >= 11 is 0. The van der Waals surface area contributed by atoms with Crippen LogP contribution in [0.3, 0.4) is 0 Å². The summed E-state index contributed by atoms with van der Waals surface area (Å²) in [5.41, 5.74) is 0.490. The maximum Gasteiger partial charge on any atom is 0.254 e. The van der Waals surface area contributed by atoms with Gasteiger partial charge in [0.2, 0.25) is 5.91 Å². The molecule has 1 aliphatic carbocycles. The number of aromatic amines is 1. The van der Waals surface area contributed by atoms with E-state index >= 15 is 0 Å². The maximum absolute atomic E-state index is 12.0. The molecular formula is C12H16N4O3. The third-order valence-corrected chi connectivity index (χ3v) is 3.81. The van der Waals surface area contributed by atoms with Gasteiger partial charge in [0.15, 0.2) is 0 Å². The molecule has 1 aliphatic heterocycles. The molecule has 3 rings (SSSR count). The lowest BCUT2D eigenvalue weighted by molar-refractivity contribution is -0.123. The summed E-state index contributed by atoms with van der Waals surface area (Å²) in [7, 11) is 0. The van der Waals surface area contributed by atoms with Crippen LogP contribution in [0.2, 0.25) is 0 Å². The quantitative estimate of drug-likeness (QED) is 0.681. The average molecular weight is 264 g/mol. The van der Waals surface area contributed by atoms with Gasteiger partial charge in [-0.2, -0.15) is 5.10 Å². The van der Waals surface area contributed by atoms with Crippen LogP contribution in [0, 0.1) is 5.92 Å². The van der Waals surface area contributed by atoms with Crippen LogP contribution in [0.15, 0.2) is 12.4 Å². The van der Waals surface area contributed by atoms with Crippen LogP contribution in [-0.4, -0.2) is 46.8 Å². The molecule has 19 heavy (non-hydrogen) atoms. The highest BCUT2D eigenvalue weighted by molar-refractivity contribution is 5.94. The maximum atomic E-state index is 12.0. The SMILES string of the molecule is CC(=O)N[C@@H]1[C@@H](NC(=O)c2cn[nH]c2)[C@H]2CCO[C@H]21. The van der Waals surface area contributed by atoms with Gasteiger partial charge in [0.1, 0.15) is 0 Å². The number of nitrogens with zero attached hydrogens (tertiary/aromatic N) is 1. The summed E-state index contributed by atoms with van der Waals surface area (Å²) in [6.45, 7) is 2.15. The lowest BCUT2D eigenvalue weighted by Crippen LogP contribution is -2.70. The third-order valence-electron chi connectivity index (χ3n) is 3.81. The largest absolute Gasteiger partial charge is 0.376 e. The fourth-order valence-corrected chi connectivity index (χ4v) is 2.92. The Morgan fingerprint density at radius 3 is 2.95 bits per heavy atom. The number of hydrogen-bond donors (Lipinski definition) is 3. The van der Waals surface area contributed by atoms with Crippen molar-refractivity contribution in [1.82, 2.24) is 20.8 Å². The molecule has 0 radical (unpaired) electrons. The molecule has 0 spiro atoms. The first kappa shape index (κ1) is 12.2. The van der Waals surface area contributed by atoms with Crippen LogP contribution in [0.4, 0.5) is 0 Å². The van der Waals surface area contributed by atoms with Crippen molar-refractivity contribution in [2.75, 3.05) is 6.61 Å². The first-order valence-electron chi connectivity index (χ1n) is 6.35. The number of amides is 2. The first-order chi connectivity index (χ1) is 9.16. The minimum absolute atomic E-state index is 0.0264. The van der Waals surface area contributed by atoms with E-state index in [9.17, 15) is 9.59 Å². The lowest BCUT2D eigenvalue weighted by atomic mass is 9.71. The third kappa shape index (κ3) is 2.10. The Kier molecular flexibility index (Phi) is 2.98. The van der Waals surface area contributed by atoms with E-state index in [0.29, 0.717) is 12.2 Å².